The largest absolute Gasteiger partial charge is 0.390 e. The highest BCUT2D eigenvalue weighted by atomic mass is 35.5. The Labute approximate surface area is 193 Å². The number of halogens is 1. The normalized spacial score (nSPS) is 17.2. The molecule has 0 bridgehead atoms. The second-order valence-corrected chi connectivity index (χ2v) is 9.41. The van der Waals surface area contributed by atoms with Crippen LogP contribution < -0.4 is 11.0 Å². The summed E-state index contributed by atoms with van der Waals surface area (Å²) in [5.41, 5.74) is -0.464. The average molecular weight is 465 g/mol. The molecule has 32 heavy (non-hydrogen) atoms. The number of nitrogens with one attached hydrogen (secondary N) is 1. The first kappa shape index (κ1) is 24.5. The smallest absolute Gasteiger partial charge is 0.332 e. The summed E-state index contributed by atoms with van der Waals surface area (Å²) in [5.74, 6) is -0.386. The summed E-state index contributed by atoms with van der Waals surface area (Å²) in [6.45, 7) is 0.783. The van der Waals surface area contributed by atoms with Crippen LogP contribution in [0, 0.1) is 0 Å². The van der Waals surface area contributed by atoms with E-state index in [1.165, 1.54) is 9.13 Å². The van der Waals surface area contributed by atoms with Gasteiger partial charge in [0.2, 0.25) is 0 Å². The lowest BCUT2D eigenvalue weighted by Crippen LogP contribution is -2.42. The molecule has 1 amide bonds. The van der Waals surface area contributed by atoms with Crippen molar-refractivity contribution in [2.45, 2.75) is 56.8 Å². The Balaban J connectivity index is 1.74. The van der Waals surface area contributed by atoms with Crippen molar-refractivity contribution in [3.8, 4) is 5.69 Å². The highest BCUT2D eigenvalue weighted by molar-refractivity contribution is 6.33. The van der Waals surface area contributed by atoms with Gasteiger partial charge in [-0.2, -0.15) is 0 Å². The Hall–Kier alpha value is -2.13. The number of carbonyl (C=O) groups excluding carboxylic acids is 1. The number of aliphatic hydroxyl groups is 2. The van der Waals surface area contributed by atoms with Crippen LogP contribution in [-0.4, -0.2) is 69.0 Å². The molecule has 0 radical (unpaired) electrons. The number of carbonyl (C=O) groups is 1. The van der Waals surface area contributed by atoms with E-state index in [1.54, 1.807) is 30.6 Å². The lowest BCUT2D eigenvalue weighted by atomic mass is 9.94. The number of imidazole rings is 1. The minimum absolute atomic E-state index is 0.170. The predicted molar refractivity (Wildman–Crippen MR) is 125 cm³/mol. The fourth-order valence-electron chi connectivity index (χ4n) is 4.20. The van der Waals surface area contributed by atoms with E-state index in [-0.39, 0.29) is 35.3 Å². The van der Waals surface area contributed by atoms with Gasteiger partial charge in [-0.05, 0) is 45.1 Å². The molecule has 1 aliphatic carbocycles. The number of amides is 1. The summed E-state index contributed by atoms with van der Waals surface area (Å²) in [5, 5.41) is 24.0. The molecule has 1 heterocycles. The van der Waals surface area contributed by atoms with Gasteiger partial charge in [0, 0.05) is 25.5 Å². The van der Waals surface area contributed by atoms with E-state index in [9.17, 15) is 19.8 Å². The van der Waals surface area contributed by atoms with Crippen molar-refractivity contribution in [1.82, 2.24) is 19.4 Å². The molecule has 0 aliphatic heterocycles. The van der Waals surface area contributed by atoms with Gasteiger partial charge in [-0.1, -0.05) is 37.3 Å². The van der Waals surface area contributed by atoms with Crippen molar-refractivity contribution in [2.75, 3.05) is 27.2 Å². The van der Waals surface area contributed by atoms with Crippen LogP contribution in [0.15, 0.2) is 35.4 Å². The summed E-state index contributed by atoms with van der Waals surface area (Å²) in [4.78, 5) is 27.5. The number of benzene rings is 1. The average Bonchev–Trinajstić information content (AvgIpc) is 2.94. The van der Waals surface area contributed by atoms with Gasteiger partial charge in [-0.25, -0.2) is 4.79 Å². The molecule has 1 unspecified atom stereocenters. The van der Waals surface area contributed by atoms with Crippen LogP contribution in [-0.2, 0) is 6.54 Å². The summed E-state index contributed by atoms with van der Waals surface area (Å²) in [7, 11) is 3.71. The van der Waals surface area contributed by atoms with E-state index in [1.807, 2.05) is 19.0 Å². The minimum atomic E-state index is -0.891. The molecular weight excluding hydrogens is 432 g/mol. The van der Waals surface area contributed by atoms with Gasteiger partial charge in [0.05, 0.1) is 34.5 Å². The maximum absolute atomic E-state index is 12.8. The third kappa shape index (κ3) is 6.22. The molecule has 1 aliphatic rings. The molecule has 1 aromatic carbocycles. The number of hydrogen-bond acceptors (Lipinski definition) is 5. The number of rotatable bonds is 8. The highest BCUT2D eigenvalue weighted by Gasteiger charge is 2.28. The molecule has 176 valence electrons. The van der Waals surface area contributed by atoms with E-state index in [2.05, 4.69) is 5.32 Å². The van der Waals surface area contributed by atoms with Crippen LogP contribution in [0.5, 0.6) is 0 Å². The Morgan fingerprint density at radius 3 is 2.56 bits per heavy atom. The fourth-order valence-corrected chi connectivity index (χ4v) is 4.40. The molecule has 1 saturated carbocycles. The first-order valence-electron chi connectivity index (χ1n) is 11.1. The third-order valence-corrected chi connectivity index (χ3v) is 6.25. The Kier molecular flexibility index (Phi) is 8.16. The highest BCUT2D eigenvalue weighted by Crippen LogP contribution is 2.27. The van der Waals surface area contributed by atoms with Gasteiger partial charge in [-0.3, -0.25) is 13.9 Å². The van der Waals surface area contributed by atoms with E-state index < -0.39 is 11.7 Å². The van der Waals surface area contributed by atoms with Crippen LogP contribution in [0.1, 0.15) is 48.9 Å². The van der Waals surface area contributed by atoms with Gasteiger partial charge < -0.3 is 20.4 Å². The second kappa shape index (κ2) is 10.7. The standard InChI is InChI=1S/C23H33ClN4O4/c1-26(2)14-18(29)15-27-11-12-28(22(27)31)17-7-8-20(24)19(13-17)21(30)25-16-23(32)9-5-3-4-6-10-23/h7-8,11-13,18,29,32H,3-6,9-10,14-16H2,1-2H3,(H,25,30). The van der Waals surface area contributed by atoms with Crippen LogP contribution in [0.25, 0.3) is 5.69 Å². The molecule has 0 saturated heterocycles. The first-order valence-corrected chi connectivity index (χ1v) is 11.5. The third-order valence-electron chi connectivity index (χ3n) is 5.92. The number of aliphatic hydroxyl groups excluding tert-OH is 1. The molecule has 1 fully saturated rings. The zero-order valence-corrected chi connectivity index (χ0v) is 19.5. The molecule has 3 N–H and O–H groups in total. The number of nitrogens with zero attached hydrogens (tertiary/aromatic N) is 3. The van der Waals surface area contributed by atoms with Gasteiger partial charge in [0.1, 0.15) is 0 Å². The predicted octanol–water partition coefficient (Wildman–Crippen LogP) is 2.03. The minimum Gasteiger partial charge on any atom is -0.390 e. The van der Waals surface area contributed by atoms with E-state index in [0.717, 1.165) is 25.7 Å². The summed E-state index contributed by atoms with van der Waals surface area (Å²) >= 11 is 6.27. The number of hydrogen-bond donors (Lipinski definition) is 3. The van der Waals surface area contributed by atoms with Gasteiger partial charge in [0.15, 0.2) is 0 Å². The lowest BCUT2D eigenvalue weighted by Gasteiger charge is -2.26. The Bertz CT molecular complexity index is 977. The molecule has 0 spiro atoms. The number of aromatic nitrogens is 2. The van der Waals surface area contributed by atoms with Crippen molar-refractivity contribution >= 4 is 17.5 Å². The molecule has 1 atom stereocenters. The second-order valence-electron chi connectivity index (χ2n) is 9.00. The first-order chi connectivity index (χ1) is 15.2. The molecule has 2 aromatic rings. The van der Waals surface area contributed by atoms with Crippen LogP contribution in [0.3, 0.4) is 0 Å². The molecular formula is C23H33ClN4O4. The van der Waals surface area contributed by atoms with Crippen molar-refractivity contribution < 1.29 is 15.0 Å². The van der Waals surface area contributed by atoms with Crippen molar-refractivity contribution in [3.63, 3.8) is 0 Å². The maximum Gasteiger partial charge on any atom is 0.332 e. The molecule has 9 heteroatoms. The maximum atomic E-state index is 12.8. The Morgan fingerprint density at radius 1 is 1.22 bits per heavy atom. The molecule has 8 nitrogen and oxygen atoms in total. The van der Waals surface area contributed by atoms with E-state index in [0.29, 0.717) is 25.1 Å². The van der Waals surface area contributed by atoms with Crippen LogP contribution >= 0.6 is 11.6 Å². The zero-order chi connectivity index (χ0) is 23.3. The van der Waals surface area contributed by atoms with Crippen molar-refractivity contribution in [3.05, 3.63) is 51.7 Å². The number of likely N-dealkylation sites (N-methyl/N-ethyl adjacent to an activating group) is 1. The quantitative estimate of drug-likeness (QED) is 0.519. The summed E-state index contributed by atoms with van der Waals surface area (Å²) in [6.07, 6.45) is 7.97. The molecule has 1 aromatic heterocycles. The molecule has 3 rings (SSSR count). The summed E-state index contributed by atoms with van der Waals surface area (Å²) < 4.78 is 2.85. The van der Waals surface area contributed by atoms with Crippen molar-refractivity contribution in [1.29, 1.82) is 0 Å². The lowest BCUT2D eigenvalue weighted by molar-refractivity contribution is 0.0246. The van der Waals surface area contributed by atoms with Crippen LogP contribution in [0.4, 0.5) is 0 Å². The van der Waals surface area contributed by atoms with E-state index in [4.69, 9.17) is 11.6 Å². The Morgan fingerprint density at radius 2 is 1.91 bits per heavy atom. The zero-order valence-electron chi connectivity index (χ0n) is 18.8. The SMILES string of the molecule is CN(C)CC(O)Cn1ccn(-c2ccc(Cl)c(C(=O)NCC3(O)CCCCCC3)c2)c1=O. The monoisotopic (exact) mass is 464 g/mol. The fraction of sp³-hybridized carbons (Fsp3) is 0.565. The van der Waals surface area contributed by atoms with Gasteiger partial charge in [-0.15, -0.1) is 0 Å². The van der Waals surface area contributed by atoms with E-state index >= 15 is 0 Å². The topological polar surface area (TPSA) is 99.7 Å². The summed E-state index contributed by atoms with van der Waals surface area (Å²) in [6, 6.07) is 4.81. The van der Waals surface area contributed by atoms with Gasteiger partial charge in [0.25, 0.3) is 5.91 Å². The van der Waals surface area contributed by atoms with Gasteiger partial charge >= 0.3 is 5.69 Å². The van der Waals surface area contributed by atoms with Crippen LogP contribution in [0.2, 0.25) is 5.02 Å². The van der Waals surface area contributed by atoms with Crippen molar-refractivity contribution in [2.24, 2.45) is 0 Å².